The van der Waals surface area contributed by atoms with Gasteiger partial charge in [0.1, 0.15) is 0 Å². The Morgan fingerprint density at radius 3 is 2.30 bits per heavy atom. The van der Waals surface area contributed by atoms with Gasteiger partial charge >= 0.3 is 5.69 Å². The van der Waals surface area contributed by atoms with Crippen LogP contribution in [0.2, 0.25) is 5.02 Å². The predicted molar refractivity (Wildman–Crippen MR) is 130 cm³/mol. The molecule has 6 nitrogen and oxygen atoms in total. The molecule has 0 saturated heterocycles. The second-order valence-corrected chi connectivity index (χ2v) is 8.33. The minimum Gasteiger partial charge on any atom is -0.320 e. The zero-order valence-electron chi connectivity index (χ0n) is 17.9. The number of nitrogens with zero attached hydrogens (tertiary/aromatic N) is 4. The van der Waals surface area contributed by atoms with Crippen molar-refractivity contribution in [2.75, 3.05) is 0 Å². The van der Waals surface area contributed by atoms with Gasteiger partial charge in [0, 0.05) is 11.6 Å². The number of hydrogen-bond acceptors (Lipinski definition) is 3. The summed E-state index contributed by atoms with van der Waals surface area (Å²) in [7, 11) is 0. The van der Waals surface area contributed by atoms with Crippen LogP contribution in [0.1, 0.15) is 24.1 Å². The fourth-order valence-corrected chi connectivity index (χ4v) is 4.31. The van der Waals surface area contributed by atoms with Gasteiger partial charge < -0.3 is 4.57 Å². The van der Waals surface area contributed by atoms with Crippen LogP contribution in [0.15, 0.2) is 101 Å². The summed E-state index contributed by atoms with van der Waals surface area (Å²) < 4.78 is 4.55. The first kappa shape index (κ1) is 21.0. The molecule has 7 heteroatoms. The van der Waals surface area contributed by atoms with Crippen molar-refractivity contribution in [2.24, 2.45) is 0 Å². The van der Waals surface area contributed by atoms with E-state index in [1.54, 1.807) is 35.2 Å². The minimum absolute atomic E-state index is 0.305. The summed E-state index contributed by atoms with van der Waals surface area (Å²) in [4.78, 5) is 32.0. The normalized spacial score (nSPS) is 12.2. The summed E-state index contributed by atoms with van der Waals surface area (Å²) in [6.07, 6.45) is 1.61. The zero-order chi connectivity index (χ0) is 22.9. The third kappa shape index (κ3) is 3.79. The van der Waals surface area contributed by atoms with E-state index >= 15 is 0 Å². The maximum Gasteiger partial charge on any atom is 0.337 e. The summed E-state index contributed by atoms with van der Waals surface area (Å²) in [5.74, 6) is 0. The number of hydrogen-bond donors (Lipinski definition) is 0. The summed E-state index contributed by atoms with van der Waals surface area (Å²) in [6, 6.07) is 25.9. The fraction of sp³-hybridized carbons (Fsp3) is 0.115. The van der Waals surface area contributed by atoms with Gasteiger partial charge in [-0.3, -0.25) is 9.36 Å². The molecule has 0 saturated carbocycles. The highest BCUT2D eigenvalue weighted by Crippen LogP contribution is 2.20. The first-order valence-electron chi connectivity index (χ1n) is 10.6. The van der Waals surface area contributed by atoms with Crippen molar-refractivity contribution in [1.29, 1.82) is 0 Å². The summed E-state index contributed by atoms with van der Waals surface area (Å²) in [5, 5.41) is 0.491. The molecule has 164 valence electrons. The van der Waals surface area contributed by atoms with Crippen molar-refractivity contribution in [3.05, 3.63) is 128 Å². The maximum atomic E-state index is 13.7. The molecule has 1 atom stereocenters. The van der Waals surface area contributed by atoms with E-state index in [4.69, 9.17) is 11.6 Å². The second kappa shape index (κ2) is 8.56. The van der Waals surface area contributed by atoms with E-state index in [1.165, 1.54) is 9.13 Å². The van der Waals surface area contributed by atoms with Gasteiger partial charge in [-0.15, -0.1) is 0 Å². The lowest BCUT2D eigenvalue weighted by Gasteiger charge is -2.18. The Hall–Kier alpha value is -3.90. The standard InChI is InChI=1S/C26H21ClN4O2/c1-18(20-11-6-3-7-12-20)30-25(32)23-24(28-17-29(23)16-19-9-4-2-5-10-19)31(26(30)33)22-14-8-13-21(27)15-22/h2-15,17-18H,16H2,1H3/t18-/m0/s1. The van der Waals surface area contributed by atoms with Gasteiger partial charge in [0.15, 0.2) is 11.2 Å². The van der Waals surface area contributed by atoms with Crippen LogP contribution in [0.25, 0.3) is 16.9 Å². The average molecular weight is 457 g/mol. The molecular weight excluding hydrogens is 436 g/mol. The first-order chi connectivity index (χ1) is 16.0. The number of benzene rings is 3. The Bertz CT molecular complexity index is 1550. The lowest BCUT2D eigenvalue weighted by atomic mass is 10.1. The van der Waals surface area contributed by atoms with Crippen LogP contribution in [0.3, 0.4) is 0 Å². The van der Waals surface area contributed by atoms with Crippen molar-refractivity contribution in [1.82, 2.24) is 18.7 Å². The third-order valence-electron chi connectivity index (χ3n) is 5.78. The van der Waals surface area contributed by atoms with E-state index < -0.39 is 11.7 Å². The van der Waals surface area contributed by atoms with Gasteiger partial charge in [0.05, 0.1) is 18.1 Å². The Balaban J connectivity index is 1.82. The van der Waals surface area contributed by atoms with E-state index in [9.17, 15) is 9.59 Å². The molecule has 0 aliphatic carbocycles. The smallest absolute Gasteiger partial charge is 0.320 e. The molecule has 0 N–H and O–H groups in total. The zero-order valence-corrected chi connectivity index (χ0v) is 18.7. The van der Waals surface area contributed by atoms with Gasteiger partial charge in [0.2, 0.25) is 0 Å². The lowest BCUT2D eigenvalue weighted by molar-refractivity contribution is 0.569. The Kier molecular flexibility index (Phi) is 5.44. The van der Waals surface area contributed by atoms with Gasteiger partial charge in [0.25, 0.3) is 5.56 Å². The monoisotopic (exact) mass is 456 g/mol. The number of aromatic nitrogens is 4. The van der Waals surface area contributed by atoms with E-state index in [2.05, 4.69) is 4.98 Å². The third-order valence-corrected chi connectivity index (χ3v) is 6.02. The molecule has 33 heavy (non-hydrogen) atoms. The molecule has 0 radical (unpaired) electrons. The number of imidazole rings is 1. The van der Waals surface area contributed by atoms with E-state index in [0.717, 1.165) is 11.1 Å². The first-order valence-corrected chi connectivity index (χ1v) is 11.0. The molecule has 0 bridgehead atoms. The molecule has 0 spiro atoms. The van der Waals surface area contributed by atoms with Crippen LogP contribution in [-0.2, 0) is 6.54 Å². The topological polar surface area (TPSA) is 61.8 Å². The van der Waals surface area contributed by atoms with Crippen LogP contribution < -0.4 is 11.2 Å². The van der Waals surface area contributed by atoms with Crippen molar-refractivity contribution in [3.8, 4) is 5.69 Å². The SMILES string of the molecule is C[C@@H](c1ccccc1)n1c(=O)c2c(ncn2Cc2ccccc2)n(-c2cccc(Cl)c2)c1=O. The van der Waals surface area contributed by atoms with Crippen LogP contribution in [0.5, 0.6) is 0 Å². The second-order valence-electron chi connectivity index (χ2n) is 7.89. The Morgan fingerprint density at radius 2 is 1.61 bits per heavy atom. The largest absolute Gasteiger partial charge is 0.337 e. The minimum atomic E-state index is -0.471. The predicted octanol–water partition coefficient (Wildman–Crippen LogP) is 4.66. The van der Waals surface area contributed by atoms with Crippen molar-refractivity contribution >= 4 is 22.8 Å². The highest BCUT2D eigenvalue weighted by Gasteiger charge is 2.23. The maximum absolute atomic E-state index is 13.7. The van der Waals surface area contributed by atoms with Crippen LogP contribution in [0, 0.1) is 0 Å². The molecule has 3 aromatic carbocycles. The average Bonchev–Trinajstić information content (AvgIpc) is 3.23. The van der Waals surface area contributed by atoms with Crippen molar-refractivity contribution in [2.45, 2.75) is 19.5 Å². The molecule has 0 aliphatic heterocycles. The van der Waals surface area contributed by atoms with Crippen LogP contribution >= 0.6 is 11.6 Å². The molecule has 0 amide bonds. The van der Waals surface area contributed by atoms with Gasteiger partial charge in [-0.2, -0.15) is 0 Å². The molecule has 0 aliphatic rings. The molecular formula is C26H21ClN4O2. The quantitative estimate of drug-likeness (QED) is 0.386. The molecule has 0 fully saturated rings. The highest BCUT2D eigenvalue weighted by atomic mass is 35.5. The van der Waals surface area contributed by atoms with Gasteiger partial charge in [-0.05, 0) is 36.2 Å². The summed E-state index contributed by atoms with van der Waals surface area (Å²) >= 11 is 6.23. The van der Waals surface area contributed by atoms with E-state index in [-0.39, 0.29) is 5.56 Å². The van der Waals surface area contributed by atoms with Crippen molar-refractivity contribution < 1.29 is 0 Å². The van der Waals surface area contributed by atoms with Crippen LogP contribution in [0.4, 0.5) is 0 Å². The van der Waals surface area contributed by atoms with Crippen molar-refractivity contribution in [3.63, 3.8) is 0 Å². The summed E-state index contributed by atoms with van der Waals surface area (Å²) in [6.45, 7) is 2.31. The molecule has 5 rings (SSSR count). The molecule has 2 heterocycles. The number of fused-ring (bicyclic) bond motifs is 1. The molecule has 5 aromatic rings. The van der Waals surface area contributed by atoms with E-state index in [1.807, 2.05) is 67.6 Å². The Labute approximate surface area is 195 Å². The molecule has 0 unspecified atom stereocenters. The fourth-order valence-electron chi connectivity index (χ4n) is 4.12. The Morgan fingerprint density at radius 1 is 0.909 bits per heavy atom. The highest BCUT2D eigenvalue weighted by molar-refractivity contribution is 6.30. The van der Waals surface area contributed by atoms with Gasteiger partial charge in [-0.25, -0.2) is 14.3 Å². The van der Waals surface area contributed by atoms with E-state index in [0.29, 0.717) is 28.4 Å². The van der Waals surface area contributed by atoms with Crippen LogP contribution in [-0.4, -0.2) is 18.7 Å². The van der Waals surface area contributed by atoms with Gasteiger partial charge in [-0.1, -0.05) is 78.3 Å². The lowest BCUT2D eigenvalue weighted by Crippen LogP contribution is -2.42. The summed E-state index contributed by atoms with van der Waals surface area (Å²) in [5.41, 5.74) is 2.27. The molecule has 2 aromatic heterocycles. The number of halogens is 1. The number of rotatable bonds is 5.